The largest absolute Gasteiger partial charge is 0.486 e. The first kappa shape index (κ1) is 14.5. The van der Waals surface area contributed by atoms with E-state index >= 15 is 0 Å². The van der Waals surface area contributed by atoms with Crippen molar-refractivity contribution in [3.05, 3.63) is 69.3 Å². The maximum Gasteiger partial charge on any atom is 0.156 e. The lowest BCUT2D eigenvalue weighted by Crippen LogP contribution is -1.99. The van der Waals surface area contributed by atoms with Gasteiger partial charge in [0, 0.05) is 10.9 Å². The first-order valence-corrected chi connectivity index (χ1v) is 7.39. The number of halogens is 3. The molecule has 3 rings (SSSR count). The van der Waals surface area contributed by atoms with E-state index < -0.39 is 0 Å². The molecule has 2 aromatic carbocycles. The van der Waals surface area contributed by atoms with Gasteiger partial charge in [-0.15, -0.1) is 0 Å². The summed E-state index contributed by atoms with van der Waals surface area (Å²) in [6.45, 7) is 0.250. The molecule has 0 atom stereocenters. The third-order valence-electron chi connectivity index (χ3n) is 3.04. The fourth-order valence-electron chi connectivity index (χ4n) is 2.01. The smallest absolute Gasteiger partial charge is 0.156 e. The second kappa shape index (κ2) is 6.10. The van der Waals surface area contributed by atoms with E-state index in [1.165, 1.54) is 0 Å². The first-order chi connectivity index (χ1) is 10.1. The lowest BCUT2D eigenvalue weighted by molar-refractivity contribution is 0.306. The van der Waals surface area contributed by atoms with Gasteiger partial charge >= 0.3 is 0 Å². The zero-order chi connectivity index (χ0) is 14.8. The summed E-state index contributed by atoms with van der Waals surface area (Å²) >= 11 is 18.3. The maximum atomic E-state index is 6.19. The minimum absolute atomic E-state index is 0.250. The Labute approximate surface area is 137 Å². The van der Waals surface area contributed by atoms with Crippen molar-refractivity contribution in [1.29, 1.82) is 0 Å². The van der Waals surface area contributed by atoms with E-state index in [-0.39, 0.29) is 6.61 Å². The van der Waals surface area contributed by atoms with E-state index in [0.29, 0.717) is 20.9 Å². The molecule has 3 aromatic rings. The molecule has 0 aliphatic rings. The van der Waals surface area contributed by atoms with E-state index in [9.17, 15) is 0 Å². The Morgan fingerprint density at radius 1 is 0.905 bits per heavy atom. The molecule has 0 spiro atoms. The summed E-state index contributed by atoms with van der Waals surface area (Å²) in [5.41, 5.74) is 1.63. The number of para-hydroxylation sites is 2. The number of hydrogen-bond donors (Lipinski definition) is 0. The molecule has 0 fully saturated rings. The SMILES string of the molecule is Clc1cccc(Cl)c1OCc1cc2ccccc2nc1Cl. The molecule has 1 aromatic heterocycles. The second-order valence-electron chi connectivity index (χ2n) is 4.47. The minimum atomic E-state index is 0.250. The van der Waals surface area contributed by atoms with Crippen LogP contribution < -0.4 is 4.74 Å². The number of ether oxygens (including phenoxy) is 1. The molecule has 0 saturated carbocycles. The lowest BCUT2D eigenvalue weighted by Gasteiger charge is -2.11. The number of fused-ring (bicyclic) bond motifs is 1. The summed E-state index contributed by atoms with van der Waals surface area (Å²) in [7, 11) is 0. The summed E-state index contributed by atoms with van der Waals surface area (Å²) in [4.78, 5) is 4.35. The van der Waals surface area contributed by atoms with Gasteiger partial charge in [0.1, 0.15) is 11.8 Å². The van der Waals surface area contributed by atoms with Crippen molar-refractivity contribution in [2.75, 3.05) is 0 Å². The first-order valence-electron chi connectivity index (χ1n) is 6.26. The van der Waals surface area contributed by atoms with Crippen molar-refractivity contribution in [2.45, 2.75) is 6.61 Å². The van der Waals surface area contributed by atoms with Crippen LogP contribution in [0.25, 0.3) is 10.9 Å². The summed E-state index contributed by atoms with van der Waals surface area (Å²) in [6, 6.07) is 14.9. The normalized spacial score (nSPS) is 10.8. The highest BCUT2D eigenvalue weighted by Crippen LogP contribution is 2.33. The van der Waals surface area contributed by atoms with Crippen LogP contribution in [0, 0.1) is 0 Å². The Kier molecular flexibility index (Phi) is 4.20. The van der Waals surface area contributed by atoms with E-state index in [2.05, 4.69) is 4.98 Å². The quantitative estimate of drug-likeness (QED) is 0.565. The van der Waals surface area contributed by atoms with Gasteiger partial charge in [0.25, 0.3) is 0 Å². The summed E-state index contributed by atoms with van der Waals surface area (Å²) in [5.74, 6) is 0.449. The number of benzene rings is 2. The monoisotopic (exact) mass is 337 g/mol. The van der Waals surface area contributed by atoms with Crippen LogP contribution in [0.3, 0.4) is 0 Å². The average molecular weight is 339 g/mol. The number of rotatable bonds is 3. The highest BCUT2D eigenvalue weighted by atomic mass is 35.5. The molecular weight excluding hydrogens is 329 g/mol. The number of hydrogen-bond acceptors (Lipinski definition) is 2. The Morgan fingerprint density at radius 2 is 1.62 bits per heavy atom. The molecule has 1 heterocycles. The van der Waals surface area contributed by atoms with Gasteiger partial charge in [-0.05, 0) is 24.3 Å². The Bertz CT molecular complexity index is 784. The molecule has 0 aliphatic heterocycles. The van der Waals surface area contributed by atoms with Crippen LogP contribution in [0.4, 0.5) is 0 Å². The summed E-state index contributed by atoms with van der Waals surface area (Å²) in [6.07, 6.45) is 0. The van der Waals surface area contributed by atoms with Crippen LogP contribution in [0.1, 0.15) is 5.56 Å². The molecule has 2 nitrogen and oxygen atoms in total. The van der Waals surface area contributed by atoms with Gasteiger partial charge in [-0.25, -0.2) is 4.98 Å². The molecule has 0 radical (unpaired) electrons. The molecule has 0 aliphatic carbocycles. The van der Waals surface area contributed by atoms with Gasteiger partial charge in [-0.3, -0.25) is 0 Å². The number of pyridine rings is 1. The second-order valence-corrected chi connectivity index (χ2v) is 5.64. The van der Waals surface area contributed by atoms with Crippen molar-refractivity contribution in [3.63, 3.8) is 0 Å². The van der Waals surface area contributed by atoms with Gasteiger partial charge in [0.2, 0.25) is 0 Å². The molecule has 0 amide bonds. The Morgan fingerprint density at radius 3 is 2.38 bits per heavy atom. The molecule has 0 saturated heterocycles. The van der Waals surface area contributed by atoms with E-state index in [1.807, 2.05) is 30.3 Å². The van der Waals surface area contributed by atoms with Crippen molar-refractivity contribution < 1.29 is 4.74 Å². The van der Waals surface area contributed by atoms with Gasteiger partial charge in [-0.1, -0.05) is 59.1 Å². The fraction of sp³-hybridized carbons (Fsp3) is 0.0625. The van der Waals surface area contributed by atoms with Crippen molar-refractivity contribution in [2.24, 2.45) is 0 Å². The van der Waals surface area contributed by atoms with Gasteiger partial charge in [0.05, 0.1) is 15.6 Å². The molecule has 106 valence electrons. The topological polar surface area (TPSA) is 22.1 Å². The number of aromatic nitrogens is 1. The molecule has 5 heteroatoms. The van der Waals surface area contributed by atoms with Gasteiger partial charge in [0.15, 0.2) is 5.75 Å². The van der Waals surface area contributed by atoms with Crippen LogP contribution in [0.2, 0.25) is 15.2 Å². The standard InChI is InChI=1S/C16H10Cl3NO/c17-12-5-3-6-13(18)15(12)21-9-11-8-10-4-1-2-7-14(10)20-16(11)19/h1-8H,9H2. The van der Waals surface area contributed by atoms with Gasteiger partial charge < -0.3 is 4.74 Å². The summed E-state index contributed by atoms with van der Waals surface area (Å²) < 4.78 is 5.70. The molecule has 0 N–H and O–H groups in total. The Balaban J connectivity index is 1.90. The highest BCUT2D eigenvalue weighted by molar-refractivity contribution is 6.37. The van der Waals surface area contributed by atoms with Crippen LogP contribution in [0.5, 0.6) is 5.75 Å². The highest BCUT2D eigenvalue weighted by Gasteiger charge is 2.10. The van der Waals surface area contributed by atoms with Crippen LogP contribution in [-0.4, -0.2) is 4.98 Å². The third kappa shape index (κ3) is 3.08. The predicted molar refractivity (Wildman–Crippen MR) is 87.5 cm³/mol. The molecular formula is C16H10Cl3NO. The molecule has 0 unspecified atom stereocenters. The Hall–Kier alpha value is -1.48. The van der Waals surface area contributed by atoms with Crippen molar-refractivity contribution in [3.8, 4) is 5.75 Å². The van der Waals surface area contributed by atoms with E-state index in [4.69, 9.17) is 39.5 Å². The predicted octanol–water partition coefficient (Wildman–Crippen LogP) is 5.77. The lowest BCUT2D eigenvalue weighted by atomic mass is 10.2. The number of nitrogens with zero attached hydrogens (tertiary/aromatic N) is 1. The fourth-order valence-corrected chi connectivity index (χ4v) is 2.71. The summed E-state index contributed by atoms with van der Waals surface area (Å²) in [5, 5.41) is 2.35. The zero-order valence-electron chi connectivity index (χ0n) is 10.8. The van der Waals surface area contributed by atoms with E-state index in [1.54, 1.807) is 18.2 Å². The average Bonchev–Trinajstić information content (AvgIpc) is 2.47. The third-order valence-corrected chi connectivity index (χ3v) is 3.96. The van der Waals surface area contributed by atoms with Crippen LogP contribution >= 0.6 is 34.8 Å². The minimum Gasteiger partial charge on any atom is -0.486 e. The van der Waals surface area contributed by atoms with E-state index in [0.717, 1.165) is 16.5 Å². The zero-order valence-corrected chi connectivity index (χ0v) is 13.1. The van der Waals surface area contributed by atoms with Crippen LogP contribution in [-0.2, 0) is 6.61 Å². The van der Waals surface area contributed by atoms with Crippen molar-refractivity contribution >= 4 is 45.7 Å². The van der Waals surface area contributed by atoms with Crippen molar-refractivity contribution in [1.82, 2.24) is 4.98 Å². The van der Waals surface area contributed by atoms with Crippen LogP contribution in [0.15, 0.2) is 48.5 Å². The molecule has 21 heavy (non-hydrogen) atoms. The molecule has 0 bridgehead atoms. The maximum absolute atomic E-state index is 6.19. The van der Waals surface area contributed by atoms with Gasteiger partial charge in [-0.2, -0.15) is 0 Å².